The number of allylic oxidation sites excluding steroid dienone is 1. The molecule has 1 aromatic carbocycles. The summed E-state index contributed by atoms with van der Waals surface area (Å²) in [4.78, 5) is 34.3. The fourth-order valence-corrected chi connectivity index (χ4v) is 3.97. The molecule has 0 fully saturated rings. The number of alkyl halides is 3. The summed E-state index contributed by atoms with van der Waals surface area (Å²) in [5, 5.41) is 2.58. The molecule has 0 aliphatic heterocycles. The Hall–Kier alpha value is -4.30. The van der Waals surface area contributed by atoms with Crippen molar-refractivity contribution in [3.63, 3.8) is 0 Å². The Kier molecular flexibility index (Phi) is 12.2. The van der Waals surface area contributed by atoms with E-state index >= 15 is 0 Å². The van der Waals surface area contributed by atoms with E-state index in [1.54, 1.807) is 13.0 Å². The Labute approximate surface area is 241 Å². The molecule has 7 N–H and O–H groups in total. The van der Waals surface area contributed by atoms with Crippen LogP contribution in [0.15, 0.2) is 51.5 Å². The van der Waals surface area contributed by atoms with Crippen LogP contribution in [-0.2, 0) is 4.79 Å². The van der Waals surface area contributed by atoms with Gasteiger partial charge in [0, 0.05) is 36.5 Å². The smallest absolute Gasteiger partial charge is 0.432 e. The van der Waals surface area contributed by atoms with Crippen LogP contribution in [0, 0.1) is 11.8 Å². The van der Waals surface area contributed by atoms with E-state index in [-0.39, 0.29) is 53.5 Å². The predicted molar refractivity (Wildman–Crippen MR) is 155 cm³/mol. The van der Waals surface area contributed by atoms with Gasteiger partial charge in [0.25, 0.3) is 5.91 Å². The second-order valence-corrected chi connectivity index (χ2v) is 9.50. The summed E-state index contributed by atoms with van der Waals surface area (Å²) < 4.78 is 51.6. The highest BCUT2D eigenvalue weighted by Crippen LogP contribution is 2.32. The van der Waals surface area contributed by atoms with E-state index in [0.29, 0.717) is 17.9 Å². The molecular weight excluding hydrogens is 555 g/mol. The van der Waals surface area contributed by atoms with Gasteiger partial charge >= 0.3 is 6.18 Å². The molecule has 2 rings (SSSR count). The number of hydrogen-bond donors (Lipinski definition) is 4. The van der Waals surface area contributed by atoms with Crippen molar-refractivity contribution in [1.29, 1.82) is 0 Å². The van der Waals surface area contributed by atoms with E-state index in [2.05, 4.69) is 26.9 Å². The molecule has 0 saturated heterocycles. The number of hydrogen-bond acceptors (Lipinski definition) is 9. The fraction of sp³-hybridized carbons (Fsp3) is 0.393. The number of benzene rings is 1. The average molecular weight is 592 g/mol. The first-order valence-corrected chi connectivity index (χ1v) is 12.9. The summed E-state index contributed by atoms with van der Waals surface area (Å²) in [6.07, 6.45) is -0.743. The van der Waals surface area contributed by atoms with E-state index in [0.717, 1.165) is 13.1 Å². The van der Waals surface area contributed by atoms with Gasteiger partial charge < -0.3 is 31.7 Å². The lowest BCUT2D eigenvalue weighted by atomic mass is 9.86. The number of rotatable bonds is 15. The monoisotopic (exact) mass is 591 g/mol. The number of nitrogens with zero attached hydrogens (tertiary/aromatic N) is 3. The largest absolute Gasteiger partial charge is 0.492 e. The number of carbonyl (C=O) groups excluding carboxylic acids is 2. The molecule has 1 heterocycles. The molecule has 228 valence electrons. The maximum Gasteiger partial charge on any atom is 0.432 e. The Morgan fingerprint density at radius 1 is 1.26 bits per heavy atom. The number of aromatic nitrogens is 1. The molecule has 2 aromatic rings. The van der Waals surface area contributed by atoms with Gasteiger partial charge in [0.15, 0.2) is 11.5 Å². The van der Waals surface area contributed by atoms with Gasteiger partial charge in [-0.15, -0.1) is 0 Å². The Balaban J connectivity index is 2.42. The summed E-state index contributed by atoms with van der Waals surface area (Å²) in [7, 11) is 1.03. The van der Waals surface area contributed by atoms with E-state index in [9.17, 15) is 22.8 Å². The van der Waals surface area contributed by atoms with Crippen LogP contribution in [0.4, 0.5) is 13.2 Å². The van der Waals surface area contributed by atoms with Crippen LogP contribution in [0.25, 0.3) is 17.5 Å². The average Bonchev–Trinajstić information content (AvgIpc) is 3.39. The molecule has 0 bridgehead atoms. The Morgan fingerprint density at radius 3 is 2.48 bits per heavy atom. The van der Waals surface area contributed by atoms with Crippen LogP contribution in [0.5, 0.6) is 5.75 Å². The molecule has 4 atom stereocenters. The first-order chi connectivity index (χ1) is 19.7. The van der Waals surface area contributed by atoms with Crippen LogP contribution in [0.1, 0.15) is 48.6 Å². The molecular formula is C28H36F3N7O4. The minimum atomic E-state index is -4.68. The van der Waals surface area contributed by atoms with Gasteiger partial charge in [-0.05, 0) is 42.7 Å². The highest BCUT2D eigenvalue weighted by atomic mass is 19.4. The first-order valence-electron chi connectivity index (χ1n) is 12.9. The number of halogens is 3. The summed E-state index contributed by atoms with van der Waals surface area (Å²) in [5.74, 6) is -0.869. The zero-order chi connectivity index (χ0) is 31.6. The minimum absolute atomic E-state index is 0.0376. The first kappa shape index (κ1) is 33.9. The molecule has 0 radical (unpaired) electrons. The summed E-state index contributed by atoms with van der Waals surface area (Å²) in [5.41, 5.74) is 17.5. The molecule has 14 heteroatoms. The van der Waals surface area contributed by atoms with Gasteiger partial charge in [0.05, 0.1) is 12.6 Å². The van der Waals surface area contributed by atoms with Crippen molar-refractivity contribution in [2.75, 3.05) is 20.2 Å². The third kappa shape index (κ3) is 8.85. The quantitative estimate of drug-likeness (QED) is 0.181. The van der Waals surface area contributed by atoms with Crippen LogP contribution in [0.3, 0.4) is 0 Å². The van der Waals surface area contributed by atoms with Gasteiger partial charge in [-0.3, -0.25) is 19.6 Å². The number of oxazole rings is 1. The SMILES string of the molecule is C=CN=C(CNC=O)C(C)C(C)[C@@H](N)COc1ccc(-c2nc(C(N)=O)c([C@H](C)N)o2)c(/C=C\C(=NC)C(F)(F)F)c1. The minimum Gasteiger partial charge on any atom is -0.492 e. The van der Waals surface area contributed by atoms with Crippen LogP contribution < -0.4 is 27.3 Å². The van der Waals surface area contributed by atoms with Crippen LogP contribution in [-0.4, -0.2) is 61.1 Å². The summed E-state index contributed by atoms with van der Waals surface area (Å²) in [6.45, 7) is 9.28. The van der Waals surface area contributed by atoms with Gasteiger partial charge in [-0.2, -0.15) is 13.2 Å². The molecule has 42 heavy (non-hydrogen) atoms. The maximum atomic E-state index is 13.3. The molecule has 0 aliphatic rings. The van der Waals surface area contributed by atoms with E-state index in [1.165, 1.54) is 24.4 Å². The highest BCUT2D eigenvalue weighted by molar-refractivity contribution is 6.02. The zero-order valence-corrected chi connectivity index (χ0v) is 23.8. The number of primary amides is 1. The van der Waals surface area contributed by atoms with Crippen molar-refractivity contribution in [1.82, 2.24) is 10.3 Å². The van der Waals surface area contributed by atoms with Gasteiger partial charge in [0.2, 0.25) is 12.3 Å². The van der Waals surface area contributed by atoms with Crippen molar-refractivity contribution in [2.45, 2.75) is 39.0 Å². The predicted octanol–water partition coefficient (Wildman–Crippen LogP) is 3.42. The van der Waals surface area contributed by atoms with Crippen molar-refractivity contribution in [2.24, 2.45) is 39.0 Å². The Morgan fingerprint density at radius 2 is 1.95 bits per heavy atom. The van der Waals surface area contributed by atoms with Crippen LogP contribution >= 0.6 is 0 Å². The second kappa shape index (κ2) is 15.1. The number of nitrogens with one attached hydrogen (secondary N) is 1. The molecule has 0 spiro atoms. The van der Waals surface area contributed by atoms with Gasteiger partial charge in [-0.25, -0.2) is 4.98 Å². The molecule has 2 amide bonds. The van der Waals surface area contributed by atoms with Crippen LogP contribution in [0.2, 0.25) is 0 Å². The normalized spacial score (nSPS) is 15.6. The lowest BCUT2D eigenvalue weighted by molar-refractivity contribution is -0.109. The lowest BCUT2D eigenvalue weighted by Crippen LogP contribution is -2.41. The van der Waals surface area contributed by atoms with Crippen molar-refractivity contribution < 1.29 is 31.9 Å². The molecule has 0 aliphatic carbocycles. The molecule has 0 saturated carbocycles. The molecule has 2 unspecified atom stereocenters. The van der Waals surface area contributed by atoms with Crippen molar-refractivity contribution in [3.05, 3.63) is 54.1 Å². The van der Waals surface area contributed by atoms with Gasteiger partial charge in [0.1, 0.15) is 18.1 Å². The fourth-order valence-electron chi connectivity index (χ4n) is 3.97. The zero-order valence-electron chi connectivity index (χ0n) is 23.8. The summed E-state index contributed by atoms with van der Waals surface area (Å²) in [6, 6.07) is 3.35. The number of amides is 2. The topological polar surface area (TPSA) is 184 Å². The van der Waals surface area contributed by atoms with Gasteiger partial charge in [-0.1, -0.05) is 26.5 Å². The number of ether oxygens (including phenoxy) is 1. The highest BCUT2D eigenvalue weighted by Gasteiger charge is 2.33. The Bertz CT molecular complexity index is 1350. The maximum absolute atomic E-state index is 13.3. The van der Waals surface area contributed by atoms with Crippen molar-refractivity contribution >= 4 is 29.8 Å². The lowest BCUT2D eigenvalue weighted by Gasteiger charge is -2.27. The number of carbonyl (C=O) groups is 2. The van der Waals surface area contributed by atoms with E-state index < -0.39 is 29.9 Å². The molecule has 11 nitrogen and oxygen atoms in total. The number of nitrogens with two attached hydrogens (primary N) is 3. The number of aliphatic imine (C=N–C) groups is 2. The van der Waals surface area contributed by atoms with E-state index in [1.807, 2.05) is 13.8 Å². The van der Waals surface area contributed by atoms with E-state index in [4.69, 9.17) is 26.4 Å². The standard InChI is InChI=1S/C28H36F3N7O4/c1-6-37-22(12-36-14-39)16(3)15(2)21(33)13-41-19-8-9-20(18(11-19)7-10-23(35-5)28(29,30)31)27-38-24(26(34)40)25(42-27)17(4)32/h6-11,14-17,21H,1,12-13,32-33H2,2-5H3,(H2,34,40)(H,36,39)/b10-7-,35-23?,37-22?/t15?,16?,17-,21-/m0/s1. The van der Waals surface area contributed by atoms with Crippen molar-refractivity contribution in [3.8, 4) is 17.2 Å². The summed E-state index contributed by atoms with van der Waals surface area (Å²) >= 11 is 0. The second-order valence-electron chi connectivity index (χ2n) is 9.50. The molecule has 1 aromatic heterocycles. The third-order valence-electron chi connectivity index (χ3n) is 6.56. The third-order valence-corrected chi connectivity index (χ3v) is 6.56.